The Labute approximate surface area is 64.4 Å². The smallest absolute Gasteiger partial charge is 0.0577 e. The van der Waals surface area contributed by atoms with Gasteiger partial charge in [-0.05, 0) is 6.92 Å². The molecule has 0 radical (unpaired) electrons. The van der Waals surface area contributed by atoms with Crippen molar-refractivity contribution in [1.82, 2.24) is 0 Å². The Morgan fingerprint density at radius 3 is 2.70 bits per heavy atom. The minimum Gasteiger partial charge on any atom is -0.384 e. The molecule has 0 heterocycles. The lowest BCUT2D eigenvalue weighted by Gasteiger charge is -2.06. The minimum absolute atomic E-state index is 0.0927. The van der Waals surface area contributed by atoms with Crippen LogP contribution in [0.1, 0.15) is 6.92 Å². The van der Waals surface area contributed by atoms with E-state index in [1.807, 2.05) is 6.92 Å². The van der Waals surface area contributed by atoms with E-state index < -0.39 is 10.8 Å². The summed E-state index contributed by atoms with van der Waals surface area (Å²) in [7, 11) is 0.787. The molecule has 0 aromatic carbocycles. The lowest BCUT2D eigenvalue weighted by atomic mass is 10.5. The predicted molar refractivity (Wildman–Crippen MR) is 43.4 cm³/mol. The van der Waals surface area contributed by atoms with Crippen LogP contribution in [0.3, 0.4) is 0 Å². The fraction of sp³-hybridized carbons (Fsp3) is 1.00. The lowest BCUT2D eigenvalue weighted by Crippen LogP contribution is -2.24. The maximum Gasteiger partial charge on any atom is 0.0577 e. The Bertz CT molecular complexity index is 108. The lowest BCUT2D eigenvalue weighted by molar-refractivity contribution is 0.218. The Kier molecular flexibility index (Phi) is 5.87. The third-order valence-electron chi connectivity index (χ3n) is 1.27. The highest BCUT2D eigenvalue weighted by molar-refractivity contribution is 7.85. The van der Waals surface area contributed by atoms with Gasteiger partial charge >= 0.3 is 0 Å². The molecule has 0 fully saturated rings. The zero-order valence-corrected chi connectivity index (χ0v) is 7.32. The third-order valence-corrected chi connectivity index (χ3v) is 2.93. The number of nitrogens with two attached hydrogens (primary N) is 1. The molecule has 2 unspecified atom stereocenters. The molecule has 2 N–H and O–H groups in total. The first-order chi connectivity index (χ1) is 4.72. The largest absolute Gasteiger partial charge is 0.384 e. The van der Waals surface area contributed by atoms with Gasteiger partial charge in [0.2, 0.25) is 0 Å². The summed E-state index contributed by atoms with van der Waals surface area (Å²) < 4.78 is 15.9. The van der Waals surface area contributed by atoms with Crippen molar-refractivity contribution in [2.75, 3.05) is 26.0 Å². The second-order valence-electron chi connectivity index (χ2n) is 2.12. The normalized spacial score (nSPS) is 16.7. The molecule has 4 heteroatoms. The van der Waals surface area contributed by atoms with Gasteiger partial charge in [0.15, 0.2) is 0 Å². The van der Waals surface area contributed by atoms with Crippen molar-refractivity contribution in [1.29, 1.82) is 0 Å². The summed E-state index contributed by atoms with van der Waals surface area (Å²) in [6, 6.07) is 0. The zero-order chi connectivity index (χ0) is 7.98. The topological polar surface area (TPSA) is 52.3 Å². The molecule has 62 valence electrons. The van der Waals surface area contributed by atoms with E-state index in [1.54, 1.807) is 7.11 Å². The molecule has 0 aliphatic carbocycles. The van der Waals surface area contributed by atoms with Gasteiger partial charge in [0, 0.05) is 35.5 Å². The quantitative estimate of drug-likeness (QED) is 0.610. The molecule has 0 rings (SSSR count). The van der Waals surface area contributed by atoms with Crippen molar-refractivity contribution >= 4 is 10.8 Å². The molecule has 2 atom stereocenters. The minimum atomic E-state index is -0.815. The number of hydrogen-bond donors (Lipinski definition) is 1. The number of rotatable bonds is 5. The van der Waals surface area contributed by atoms with Crippen LogP contribution in [0.25, 0.3) is 0 Å². The van der Waals surface area contributed by atoms with Crippen LogP contribution in [0.2, 0.25) is 0 Å². The number of ether oxygens (including phenoxy) is 1. The molecule has 3 nitrogen and oxygen atoms in total. The molecule has 0 amide bonds. The van der Waals surface area contributed by atoms with Crippen molar-refractivity contribution in [2.45, 2.75) is 12.2 Å². The van der Waals surface area contributed by atoms with E-state index in [2.05, 4.69) is 0 Å². The fourth-order valence-corrected chi connectivity index (χ4v) is 1.42. The Balaban J connectivity index is 3.42. The van der Waals surface area contributed by atoms with Gasteiger partial charge in [-0.3, -0.25) is 4.21 Å². The van der Waals surface area contributed by atoms with E-state index in [0.29, 0.717) is 18.9 Å². The van der Waals surface area contributed by atoms with Gasteiger partial charge in [-0.1, -0.05) is 0 Å². The standard InChI is InChI=1S/C6H15NO2S/c1-6(5-7)10(8)4-3-9-2/h6H,3-5,7H2,1-2H3. The van der Waals surface area contributed by atoms with Crippen molar-refractivity contribution < 1.29 is 8.95 Å². The van der Waals surface area contributed by atoms with Crippen molar-refractivity contribution in [2.24, 2.45) is 5.73 Å². The molecular formula is C6H15NO2S. The fourth-order valence-electron chi connectivity index (χ4n) is 0.474. The monoisotopic (exact) mass is 165 g/mol. The first kappa shape index (κ1) is 10.1. The van der Waals surface area contributed by atoms with Crippen LogP contribution >= 0.6 is 0 Å². The third kappa shape index (κ3) is 3.98. The highest BCUT2D eigenvalue weighted by Crippen LogP contribution is 1.92. The molecule has 0 aliphatic rings. The SMILES string of the molecule is COCCS(=O)C(C)CN. The van der Waals surface area contributed by atoms with Gasteiger partial charge in [-0.2, -0.15) is 0 Å². The van der Waals surface area contributed by atoms with Crippen molar-refractivity contribution in [3.05, 3.63) is 0 Å². The predicted octanol–water partition coefficient (Wildman–Crippen LogP) is -0.271. The number of hydrogen-bond acceptors (Lipinski definition) is 3. The van der Waals surface area contributed by atoms with Crippen molar-refractivity contribution in [3.63, 3.8) is 0 Å². The average Bonchev–Trinajstić information content (AvgIpc) is 1.98. The van der Waals surface area contributed by atoms with Gasteiger partial charge in [0.25, 0.3) is 0 Å². The first-order valence-electron chi connectivity index (χ1n) is 3.28. The second kappa shape index (κ2) is 5.82. The van der Waals surface area contributed by atoms with E-state index in [9.17, 15) is 4.21 Å². The van der Waals surface area contributed by atoms with E-state index in [4.69, 9.17) is 10.5 Å². The molecule has 0 aliphatic heterocycles. The van der Waals surface area contributed by atoms with Crippen LogP contribution in [0.5, 0.6) is 0 Å². The number of methoxy groups -OCH3 is 1. The molecule has 0 saturated heterocycles. The molecule has 0 saturated carbocycles. The Morgan fingerprint density at radius 1 is 1.70 bits per heavy atom. The van der Waals surface area contributed by atoms with E-state index in [1.165, 1.54) is 0 Å². The van der Waals surface area contributed by atoms with Crippen molar-refractivity contribution in [3.8, 4) is 0 Å². The van der Waals surface area contributed by atoms with Gasteiger partial charge in [-0.15, -0.1) is 0 Å². The summed E-state index contributed by atoms with van der Waals surface area (Å²) in [6.07, 6.45) is 0. The van der Waals surface area contributed by atoms with Crippen LogP contribution in [-0.2, 0) is 15.5 Å². The molecule has 0 aromatic rings. The summed E-state index contributed by atoms with van der Waals surface area (Å²) in [6.45, 7) is 2.92. The molecule has 0 bridgehead atoms. The zero-order valence-electron chi connectivity index (χ0n) is 6.50. The van der Waals surface area contributed by atoms with Gasteiger partial charge < -0.3 is 10.5 Å². The highest BCUT2D eigenvalue weighted by atomic mass is 32.2. The average molecular weight is 165 g/mol. The Morgan fingerprint density at radius 2 is 2.30 bits per heavy atom. The Hall–Kier alpha value is 0.0700. The van der Waals surface area contributed by atoms with Crippen LogP contribution in [0.15, 0.2) is 0 Å². The van der Waals surface area contributed by atoms with Gasteiger partial charge in [-0.25, -0.2) is 0 Å². The summed E-state index contributed by atoms with van der Waals surface area (Å²) in [4.78, 5) is 0. The first-order valence-corrected chi connectivity index (χ1v) is 4.66. The van der Waals surface area contributed by atoms with Gasteiger partial charge in [0.1, 0.15) is 0 Å². The summed E-state index contributed by atoms with van der Waals surface area (Å²) in [5.74, 6) is 0.592. The van der Waals surface area contributed by atoms with Crippen LogP contribution in [0, 0.1) is 0 Å². The van der Waals surface area contributed by atoms with E-state index >= 15 is 0 Å². The van der Waals surface area contributed by atoms with E-state index in [-0.39, 0.29) is 5.25 Å². The van der Waals surface area contributed by atoms with Crippen LogP contribution in [-0.4, -0.2) is 35.5 Å². The van der Waals surface area contributed by atoms with E-state index in [0.717, 1.165) is 0 Å². The maximum absolute atomic E-state index is 11.1. The molecule has 10 heavy (non-hydrogen) atoms. The molecule has 0 spiro atoms. The van der Waals surface area contributed by atoms with Crippen LogP contribution < -0.4 is 5.73 Å². The molecular weight excluding hydrogens is 150 g/mol. The molecule has 0 aromatic heterocycles. The van der Waals surface area contributed by atoms with Crippen LogP contribution in [0.4, 0.5) is 0 Å². The summed E-state index contributed by atoms with van der Waals surface area (Å²) in [5.41, 5.74) is 5.31. The summed E-state index contributed by atoms with van der Waals surface area (Å²) >= 11 is 0. The second-order valence-corrected chi connectivity index (χ2v) is 4.10. The highest BCUT2D eigenvalue weighted by Gasteiger charge is 2.07. The summed E-state index contributed by atoms with van der Waals surface area (Å²) in [5, 5.41) is 0.0927. The van der Waals surface area contributed by atoms with Gasteiger partial charge in [0.05, 0.1) is 6.61 Å². The maximum atomic E-state index is 11.1.